The lowest BCUT2D eigenvalue weighted by molar-refractivity contribution is -0.139. The molecule has 7 heteroatoms. The van der Waals surface area contributed by atoms with E-state index >= 15 is 0 Å². The molecule has 0 fully saturated rings. The second kappa shape index (κ2) is 10.6. The summed E-state index contributed by atoms with van der Waals surface area (Å²) in [5.74, 6) is -1.76. The Balaban J connectivity index is 1.76. The van der Waals surface area contributed by atoms with E-state index in [1.54, 1.807) is 6.07 Å². The largest absolute Gasteiger partial charge is 0.469 e. The van der Waals surface area contributed by atoms with E-state index in [2.05, 4.69) is 10.2 Å². The van der Waals surface area contributed by atoms with E-state index in [4.69, 9.17) is 9.73 Å². The maximum Gasteiger partial charge on any atom is 0.309 e. The maximum absolute atomic E-state index is 13.8. The third-order valence-corrected chi connectivity index (χ3v) is 5.95. The van der Waals surface area contributed by atoms with Crippen LogP contribution in [0.25, 0.3) is 0 Å². The number of carbonyl (C=O) groups is 2. The molecule has 1 N–H and O–H groups in total. The summed E-state index contributed by atoms with van der Waals surface area (Å²) in [5, 5.41) is 2.78. The molecule has 0 aliphatic carbocycles. The van der Waals surface area contributed by atoms with Gasteiger partial charge in [-0.1, -0.05) is 36.4 Å². The zero-order valence-corrected chi connectivity index (χ0v) is 20.0. The van der Waals surface area contributed by atoms with Gasteiger partial charge in [0.25, 0.3) is 0 Å². The summed E-state index contributed by atoms with van der Waals surface area (Å²) >= 11 is 0. The minimum Gasteiger partial charge on any atom is -0.469 e. The number of aliphatic imine (C=N–C) groups is 1. The number of nitrogens with one attached hydrogen (secondary N) is 1. The second-order valence-electron chi connectivity index (χ2n) is 8.82. The van der Waals surface area contributed by atoms with Gasteiger partial charge in [-0.05, 0) is 73.1 Å². The Kier molecular flexibility index (Phi) is 7.36. The Hall–Kier alpha value is -3.84. The van der Waals surface area contributed by atoms with Crippen molar-refractivity contribution in [3.63, 3.8) is 0 Å². The highest BCUT2D eigenvalue weighted by atomic mass is 19.1. The van der Waals surface area contributed by atoms with Gasteiger partial charge in [0.2, 0.25) is 5.91 Å². The van der Waals surface area contributed by atoms with Crippen LogP contribution in [0.3, 0.4) is 0 Å². The third-order valence-electron chi connectivity index (χ3n) is 5.95. The van der Waals surface area contributed by atoms with Crippen molar-refractivity contribution >= 4 is 29.0 Å². The minimum atomic E-state index is -0.715. The van der Waals surface area contributed by atoms with Crippen LogP contribution in [0.2, 0.25) is 0 Å². The molecule has 3 aromatic rings. The standard InChI is InChI=1S/C28H28FN3O3/c1-32(2)14-13-18-7-10-22(11-8-18)30-27(20-6-4-5-19(15-20)16-25(33)35-3)26-23-12-9-21(29)17-24(23)31-28(26)34/h4-12,15,17,26H,13-14,16H2,1-3H3,(H,31,34). The van der Waals surface area contributed by atoms with E-state index in [0.717, 1.165) is 18.5 Å². The van der Waals surface area contributed by atoms with Gasteiger partial charge >= 0.3 is 5.97 Å². The van der Waals surface area contributed by atoms with E-state index in [1.807, 2.05) is 62.6 Å². The average molecular weight is 474 g/mol. The van der Waals surface area contributed by atoms with Gasteiger partial charge in [-0.2, -0.15) is 0 Å². The van der Waals surface area contributed by atoms with Gasteiger partial charge in [-0.15, -0.1) is 0 Å². The Labute approximate surface area is 204 Å². The summed E-state index contributed by atoms with van der Waals surface area (Å²) in [6.45, 7) is 0.941. The molecule has 0 bridgehead atoms. The van der Waals surface area contributed by atoms with Crippen molar-refractivity contribution in [2.45, 2.75) is 18.8 Å². The molecule has 1 amide bonds. The Morgan fingerprint density at radius 2 is 1.83 bits per heavy atom. The number of amides is 1. The molecule has 0 saturated heterocycles. The van der Waals surface area contributed by atoms with Crippen LogP contribution < -0.4 is 5.32 Å². The first-order chi connectivity index (χ1) is 16.8. The van der Waals surface area contributed by atoms with Crippen molar-refractivity contribution in [1.29, 1.82) is 0 Å². The van der Waals surface area contributed by atoms with Crippen molar-refractivity contribution in [3.05, 3.63) is 94.8 Å². The third kappa shape index (κ3) is 5.81. The number of methoxy groups -OCH3 is 1. The molecule has 1 aliphatic rings. The van der Waals surface area contributed by atoms with Crippen molar-refractivity contribution in [2.24, 2.45) is 4.99 Å². The number of benzene rings is 3. The molecule has 4 rings (SSSR count). The Morgan fingerprint density at radius 1 is 1.06 bits per heavy atom. The highest BCUT2D eigenvalue weighted by molar-refractivity contribution is 6.24. The first-order valence-electron chi connectivity index (χ1n) is 11.4. The van der Waals surface area contributed by atoms with Gasteiger partial charge in [0.1, 0.15) is 11.7 Å². The topological polar surface area (TPSA) is 71.0 Å². The molecule has 35 heavy (non-hydrogen) atoms. The zero-order valence-electron chi connectivity index (χ0n) is 20.0. The van der Waals surface area contributed by atoms with E-state index in [0.29, 0.717) is 28.2 Å². The normalized spacial score (nSPS) is 15.2. The fourth-order valence-electron chi connectivity index (χ4n) is 4.11. The number of halogens is 1. The number of rotatable bonds is 8. The highest BCUT2D eigenvalue weighted by Crippen LogP contribution is 2.37. The number of nitrogens with zero attached hydrogens (tertiary/aromatic N) is 2. The van der Waals surface area contributed by atoms with Crippen LogP contribution in [0.4, 0.5) is 15.8 Å². The molecule has 0 spiro atoms. The first kappa shape index (κ1) is 24.3. The van der Waals surface area contributed by atoms with Crippen LogP contribution in [0, 0.1) is 5.82 Å². The van der Waals surface area contributed by atoms with Crippen molar-refractivity contribution in [2.75, 3.05) is 33.1 Å². The number of esters is 1. The van der Waals surface area contributed by atoms with E-state index in [-0.39, 0.29) is 18.3 Å². The molecule has 3 aromatic carbocycles. The van der Waals surface area contributed by atoms with Crippen molar-refractivity contribution in [1.82, 2.24) is 4.90 Å². The average Bonchev–Trinajstić information content (AvgIpc) is 3.16. The second-order valence-corrected chi connectivity index (χ2v) is 8.82. The van der Waals surface area contributed by atoms with E-state index in [9.17, 15) is 14.0 Å². The number of carbonyl (C=O) groups excluding carboxylic acids is 2. The van der Waals surface area contributed by atoms with Crippen LogP contribution >= 0.6 is 0 Å². The lowest BCUT2D eigenvalue weighted by Crippen LogP contribution is -2.22. The SMILES string of the molecule is COC(=O)Cc1cccc(C(=Nc2ccc(CCN(C)C)cc2)C2C(=O)Nc3cc(F)ccc32)c1. The highest BCUT2D eigenvalue weighted by Gasteiger charge is 2.35. The van der Waals surface area contributed by atoms with Gasteiger partial charge < -0.3 is 15.0 Å². The lowest BCUT2D eigenvalue weighted by Gasteiger charge is -2.15. The monoisotopic (exact) mass is 473 g/mol. The molecule has 1 heterocycles. The molecule has 1 atom stereocenters. The van der Waals surface area contributed by atoms with Crippen LogP contribution in [0.15, 0.2) is 71.7 Å². The van der Waals surface area contributed by atoms with Crippen molar-refractivity contribution < 1.29 is 18.7 Å². The van der Waals surface area contributed by atoms with Crippen LogP contribution in [0.5, 0.6) is 0 Å². The summed E-state index contributed by atoms with van der Waals surface area (Å²) in [6, 6.07) is 19.6. The fraction of sp³-hybridized carbons (Fsp3) is 0.250. The van der Waals surface area contributed by atoms with Gasteiger partial charge in [-0.25, -0.2) is 4.39 Å². The number of ether oxygens (including phenoxy) is 1. The molecular formula is C28H28FN3O3. The number of fused-ring (bicyclic) bond motifs is 1. The Bertz CT molecular complexity index is 1270. The summed E-state index contributed by atoms with van der Waals surface area (Å²) in [4.78, 5) is 31.9. The van der Waals surface area contributed by atoms with Gasteiger partial charge in [0.15, 0.2) is 0 Å². The lowest BCUT2D eigenvalue weighted by atomic mass is 9.89. The Morgan fingerprint density at radius 3 is 2.54 bits per heavy atom. The van der Waals surface area contributed by atoms with Crippen LogP contribution in [-0.4, -0.2) is 50.2 Å². The number of hydrogen-bond acceptors (Lipinski definition) is 5. The quantitative estimate of drug-likeness (QED) is 0.386. The minimum absolute atomic E-state index is 0.108. The molecule has 0 aromatic heterocycles. The van der Waals surface area contributed by atoms with Gasteiger partial charge in [0, 0.05) is 12.2 Å². The molecule has 1 aliphatic heterocycles. The number of likely N-dealkylation sites (N-methyl/N-ethyl adjacent to an activating group) is 1. The molecule has 180 valence electrons. The smallest absolute Gasteiger partial charge is 0.309 e. The van der Waals surface area contributed by atoms with Gasteiger partial charge in [0.05, 0.1) is 24.9 Å². The van der Waals surface area contributed by atoms with Crippen molar-refractivity contribution in [3.8, 4) is 0 Å². The number of hydrogen-bond donors (Lipinski definition) is 1. The van der Waals surface area contributed by atoms with E-state index in [1.165, 1.54) is 24.8 Å². The van der Waals surface area contributed by atoms with E-state index < -0.39 is 11.7 Å². The maximum atomic E-state index is 13.8. The molecule has 6 nitrogen and oxygen atoms in total. The molecular weight excluding hydrogens is 445 g/mol. The molecule has 1 unspecified atom stereocenters. The summed E-state index contributed by atoms with van der Waals surface area (Å²) in [5.41, 5.74) is 4.99. The fourth-order valence-corrected chi connectivity index (χ4v) is 4.11. The van der Waals surface area contributed by atoms with Gasteiger partial charge in [-0.3, -0.25) is 14.6 Å². The first-order valence-corrected chi connectivity index (χ1v) is 11.4. The summed E-state index contributed by atoms with van der Waals surface area (Å²) in [7, 11) is 5.42. The predicted octanol–water partition coefficient (Wildman–Crippen LogP) is 4.50. The summed E-state index contributed by atoms with van der Waals surface area (Å²) < 4.78 is 18.6. The number of anilines is 1. The zero-order chi connectivity index (χ0) is 24.9. The summed E-state index contributed by atoms with van der Waals surface area (Å²) in [6.07, 6.45) is 1.03. The predicted molar refractivity (Wildman–Crippen MR) is 135 cm³/mol. The van der Waals surface area contributed by atoms with Crippen LogP contribution in [-0.2, 0) is 27.2 Å². The molecule has 0 radical (unpaired) electrons. The van der Waals surface area contributed by atoms with Crippen LogP contribution in [0.1, 0.15) is 28.2 Å². The molecule has 0 saturated carbocycles.